The molecule has 0 spiro atoms. The van der Waals surface area contributed by atoms with E-state index in [1.165, 1.54) is 0 Å². The van der Waals surface area contributed by atoms with Crippen molar-refractivity contribution in [3.63, 3.8) is 0 Å². The van der Waals surface area contributed by atoms with Gasteiger partial charge in [0, 0.05) is 39.2 Å². The molecule has 3 atom stereocenters. The van der Waals surface area contributed by atoms with Gasteiger partial charge in [-0.1, -0.05) is 20.3 Å². The molecule has 0 saturated carbocycles. The van der Waals surface area contributed by atoms with E-state index in [0.29, 0.717) is 45.3 Å². The van der Waals surface area contributed by atoms with Gasteiger partial charge in [0.05, 0.1) is 18.3 Å². The SMILES string of the molecule is CCCC(C)COC(CNC(=O)CCC(NC(=O)CCC(C)(C)OCC)C(N)=O)COCC. The first-order chi connectivity index (χ1) is 15.5. The van der Waals surface area contributed by atoms with Crippen molar-refractivity contribution in [2.75, 3.05) is 33.0 Å². The Morgan fingerprint density at radius 1 is 0.970 bits per heavy atom. The Hall–Kier alpha value is -1.71. The zero-order chi connectivity index (χ0) is 25.3. The number of nitrogens with two attached hydrogens (primary N) is 1. The monoisotopic (exact) mass is 473 g/mol. The Morgan fingerprint density at radius 3 is 2.24 bits per heavy atom. The number of amides is 3. The highest BCUT2D eigenvalue weighted by Gasteiger charge is 2.23. The van der Waals surface area contributed by atoms with Gasteiger partial charge in [0.2, 0.25) is 17.7 Å². The molecule has 0 aromatic heterocycles. The summed E-state index contributed by atoms with van der Waals surface area (Å²) in [4.78, 5) is 36.3. The lowest BCUT2D eigenvalue weighted by Crippen LogP contribution is -2.45. The highest BCUT2D eigenvalue weighted by molar-refractivity contribution is 5.87. The summed E-state index contributed by atoms with van der Waals surface area (Å²) in [6.07, 6.45) is 2.84. The lowest BCUT2D eigenvalue weighted by molar-refractivity contribution is -0.129. The number of primary amides is 1. The third-order valence-electron chi connectivity index (χ3n) is 5.26. The summed E-state index contributed by atoms with van der Waals surface area (Å²) in [5, 5.41) is 5.46. The Labute approximate surface area is 199 Å². The number of carbonyl (C=O) groups is 3. The molecule has 9 heteroatoms. The molecule has 0 aliphatic rings. The van der Waals surface area contributed by atoms with Gasteiger partial charge in [-0.2, -0.15) is 0 Å². The van der Waals surface area contributed by atoms with Gasteiger partial charge in [-0.15, -0.1) is 0 Å². The normalized spacial score (nSPS) is 14.4. The Kier molecular flexibility index (Phi) is 16.8. The van der Waals surface area contributed by atoms with Crippen LogP contribution in [0, 0.1) is 5.92 Å². The van der Waals surface area contributed by atoms with Crippen molar-refractivity contribution < 1.29 is 28.6 Å². The zero-order valence-corrected chi connectivity index (χ0v) is 21.5. The summed E-state index contributed by atoms with van der Waals surface area (Å²) in [5.41, 5.74) is 5.00. The van der Waals surface area contributed by atoms with E-state index >= 15 is 0 Å². The molecule has 0 heterocycles. The zero-order valence-electron chi connectivity index (χ0n) is 21.5. The molecule has 0 saturated heterocycles. The summed E-state index contributed by atoms with van der Waals surface area (Å²) >= 11 is 0. The van der Waals surface area contributed by atoms with Crippen LogP contribution in [0.3, 0.4) is 0 Å². The summed E-state index contributed by atoms with van der Waals surface area (Å²) in [6, 6.07) is -0.899. The number of ether oxygens (including phenoxy) is 3. The number of hydrogen-bond acceptors (Lipinski definition) is 6. The fourth-order valence-corrected chi connectivity index (χ4v) is 3.31. The number of hydrogen-bond donors (Lipinski definition) is 3. The Morgan fingerprint density at radius 2 is 1.67 bits per heavy atom. The van der Waals surface area contributed by atoms with Crippen LogP contribution in [0.15, 0.2) is 0 Å². The molecule has 4 N–H and O–H groups in total. The summed E-state index contributed by atoms with van der Waals surface area (Å²) in [7, 11) is 0. The average molecular weight is 474 g/mol. The number of carbonyl (C=O) groups excluding carboxylic acids is 3. The third kappa shape index (κ3) is 16.5. The molecule has 9 nitrogen and oxygen atoms in total. The second-order valence-corrected chi connectivity index (χ2v) is 9.07. The third-order valence-corrected chi connectivity index (χ3v) is 5.26. The van der Waals surface area contributed by atoms with E-state index < -0.39 is 17.6 Å². The summed E-state index contributed by atoms with van der Waals surface area (Å²) in [6.45, 7) is 14.3. The molecule has 0 aromatic rings. The molecular formula is C24H47N3O6. The van der Waals surface area contributed by atoms with Crippen LogP contribution < -0.4 is 16.4 Å². The molecule has 0 fully saturated rings. The van der Waals surface area contributed by atoms with E-state index in [4.69, 9.17) is 19.9 Å². The maximum atomic E-state index is 12.3. The second kappa shape index (κ2) is 17.7. The first-order valence-corrected chi connectivity index (χ1v) is 12.2. The van der Waals surface area contributed by atoms with Crippen LogP contribution in [-0.4, -0.2) is 68.4 Å². The van der Waals surface area contributed by atoms with E-state index in [-0.39, 0.29) is 37.2 Å². The van der Waals surface area contributed by atoms with Gasteiger partial charge >= 0.3 is 0 Å². The standard InChI is InChI=1S/C24H47N3O6/c1-7-10-18(4)16-32-19(17-31-8-2)15-26-21(28)12-11-20(23(25)30)27-22(29)13-14-24(5,6)33-9-3/h18-20H,7-17H2,1-6H3,(H2,25,30)(H,26,28)(H,27,29). The minimum Gasteiger partial charge on any atom is -0.379 e. The van der Waals surface area contributed by atoms with Gasteiger partial charge in [-0.25, -0.2) is 0 Å². The fraction of sp³-hybridized carbons (Fsp3) is 0.875. The average Bonchev–Trinajstić information content (AvgIpc) is 2.74. The largest absolute Gasteiger partial charge is 0.379 e. The number of nitrogens with one attached hydrogen (secondary N) is 2. The molecule has 3 amide bonds. The maximum absolute atomic E-state index is 12.3. The van der Waals surface area contributed by atoms with Crippen molar-refractivity contribution >= 4 is 17.7 Å². The van der Waals surface area contributed by atoms with Gasteiger partial charge < -0.3 is 30.6 Å². The smallest absolute Gasteiger partial charge is 0.240 e. The predicted molar refractivity (Wildman–Crippen MR) is 129 cm³/mol. The highest BCUT2D eigenvalue weighted by Crippen LogP contribution is 2.16. The van der Waals surface area contributed by atoms with E-state index in [1.54, 1.807) is 0 Å². The van der Waals surface area contributed by atoms with Crippen LogP contribution in [-0.2, 0) is 28.6 Å². The summed E-state index contributed by atoms with van der Waals surface area (Å²) in [5.74, 6) is -0.755. The predicted octanol–water partition coefficient (Wildman–Crippen LogP) is 2.31. The molecule has 33 heavy (non-hydrogen) atoms. The molecule has 0 bridgehead atoms. The Bertz CT molecular complexity index is 570. The van der Waals surface area contributed by atoms with Gasteiger partial charge in [-0.3, -0.25) is 14.4 Å². The lowest BCUT2D eigenvalue weighted by Gasteiger charge is -2.24. The van der Waals surface area contributed by atoms with Crippen molar-refractivity contribution in [3.8, 4) is 0 Å². The summed E-state index contributed by atoms with van der Waals surface area (Å²) < 4.78 is 17.0. The van der Waals surface area contributed by atoms with Gasteiger partial charge in [-0.05, 0) is 52.9 Å². The van der Waals surface area contributed by atoms with Crippen LogP contribution in [0.4, 0.5) is 0 Å². The molecule has 0 rings (SSSR count). The first-order valence-electron chi connectivity index (χ1n) is 12.2. The van der Waals surface area contributed by atoms with Crippen molar-refractivity contribution in [2.45, 2.75) is 97.8 Å². The Balaban J connectivity index is 4.51. The molecule has 0 aliphatic heterocycles. The molecular weight excluding hydrogens is 426 g/mol. The van der Waals surface area contributed by atoms with E-state index in [1.807, 2.05) is 27.7 Å². The highest BCUT2D eigenvalue weighted by atomic mass is 16.5. The van der Waals surface area contributed by atoms with Crippen LogP contribution in [0.2, 0.25) is 0 Å². The van der Waals surface area contributed by atoms with Crippen LogP contribution >= 0.6 is 0 Å². The van der Waals surface area contributed by atoms with Gasteiger partial charge in [0.1, 0.15) is 6.04 Å². The fourth-order valence-electron chi connectivity index (χ4n) is 3.31. The minimum atomic E-state index is -0.899. The van der Waals surface area contributed by atoms with Crippen molar-refractivity contribution in [3.05, 3.63) is 0 Å². The van der Waals surface area contributed by atoms with E-state index in [0.717, 1.165) is 12.8 Å². The van der Waals surface area contributed by atoms with Crippen LogP contribution in [0.1, 0.15) is 80.1 Å². The van der Waals surface area contributed by atoms with Crippen LogP contribution in [0.25, 0.3) is 0 Å². The quantitative estimate of drug-likeness (QED) is 0.249. The molecule has 0 aliphatic carbocycles. The van der Waals surface area contributed by atoms with Crippen molar-refractivity contribution in [1.82, 2.24) is 10.6 Å². The van der Waals surface area contributed by atoms with Crippen LogP contribution in [0.5, 0.6) is 0 Å². The van der Waals surface area contributed by atoms with E-state index in [2.05, 4.69) is 24.5 Å². The second-order valence-electron chi connectivity index (χ2n) is 9.07. The number of rotatable bonds is 20. The minimum absolute atomic E-state index is 0.0614. The van der Waals surface area contributed by atoms with Gasteiger partial charge in [0.15, 0.2) is 0 Å². The first kappa shape index (κ1) is 31.3. The lowest BCUT2D eigenvalue weighted by atomic mass is 10.0. The molecule has 0 radical (unpaired) electrons. The molecule has 3 unspecified atom stereocenters. The van der Waals surface area contributed by atoms with Crippen molar-refractivity contribution in [2.24, 2.45) is 11.7 Å². The van der Waals surface area contributed by atoms with E-state index in [9.17, 15) is 14.4 Å². The van der Waals surface area contributed by atoms with Gasteiger partial charge in [0.25, 0.3) is 0 Å². The molecule has 0 aromatic carbocycles. The topological polar surface area (TPSA) is 129 Å². The van der Waals surface area contributed by atoms with Crippen molar-refractivity contribution in [1.29, 1.82) is 0 Å². The molecule has 194 valence electrons. The maximum Gasteiger partial charge on any atom is 0.240 e.